The third-order valence-electron chi connectivity index (χ3n) is 2.83. The molecule has 1 aliphatic rings. The predicted molar refractivity (Wildman–Crippen MR) is 70.4 cm³/mol. The summed E-state index contributed by atoms with van der Waals surface area (Å²) in [4.78, 5) is 15.8. The van der Waals surface area contributed by atoms with Crippen molar-refractivity contribution in [3.8, 4) is 0 Å². The fraction of sp³-hybridized carbons (Fsp3) is 0.923. The second kappa shape index (κ2) is 5.99. The Morgan fingerprint density at radius 3 is 2.33 bits per heavy atom. The van der Waals surface area contributed by atoms with E-state index in [4.69, 9.17) is 4.74 Å². The molecule has 1 fully saturated rings. The number of nitrogens with zero attached hydrogens (tertiary/aromatic N) is 2. The Bertz CT molecular complexity index is 278. The molecular formula is C13H26N2O3. The zero-order valence-electron chi connectivity index (χ0n) is 12.1. The Morgan fingerprint density at radius 2 is 1.89 bits per heavy atom. The van der Waals surface area contributed by atoms with Crippen LogP contribution in [0.2, 0.25) is 0 Å². The number of ether oxygens (including phenoxy) is 1. The van der Waals surface area contributed by atoms with E-state index in [1.807, 2.05) is 30.7 Å². The lowest BCUT2D eigenvalue weighted by Crippen LogP contribution is -2.51. The molecule has 1 heterocycles. The van der Waals surface area contributed by atoms with Gasteiger partial charge in [0.25, 0.3) is 0 Å². The van der Waals surface area contributed by atoms with Crippen LogP contribution in [0.3, 0.4) is 0 Å². The Labute approximate surface area is 110 Å². The van der Waals surface area contributed by atoms with E-state index in [0.717, 1.165) is 0 Å². The molecular weight excluding hydrogens is 232 g/mol. The van der Waals surface area contributed by atoms with Crippen molar-refractivity contribution < 1.29 is 14.6 Å². The highest BCUT2D eigenvalue weighted by Gasteiger charge is 2.27. The summed E-state index contributed by atoms with van der Waals surface area (Å²) in [6.07, 6.45) is 0.189. The van der Waals surface area contributed by atoms with Crippen LogP contribution >= 0.6 is 0 Å². The number of hydrogen-bond donors (Lipinski definition) is 1. The van der Waals surface area contributed by atoms with Crippen molar-refractivity contribution in [1.82, 2.24) is 9.80 Å². The quantitative estimate of drug-likeness (QED) is 0.789. The van der Waals surface area contributed by atoms with Crippen molar-refractivity contribution in [1.29, 1.82) is 0 Å². The topological polar surface area (TPSA) is 53.0 Å². The Balaban J connectivity index is 2.45. The summed E-state index contributed by atoms with van der Waals surface area (Å²) in [7, 11) is 1.85. The Morgan fingerprint density at radius 1 is 1.39 bits per heavy atom. The third-order valence-corrected chi connectivity index (χ3v) is 2.83. The summed E-state index contributed by atoms with van der Waals surface area (Å²) in [6.45, 7) is 9.57. The molecule has 18 heavy (non-hydrogen) atoms. The molecule has 2 atom stereocenters. The second-order valence-corrected chi connectivity index (χ2v) is 6.04. The molecule has 1 rings (SSSR count). The van der Waals surface area contributed by atoms with Crippen LogP contribution in [0.15, 0.2) is 0 Å². The van der Waals surface area contributed by atoms with Gasteiger partial charge in [-0.05, 0) is 34.7 Å². The van der Waals surface area contributed by atoms with Gasteiger partial charge in [-0.3, -0.25) is 9.69 Å². The van der Waals surface area contributed by atoms with Crippen LogP contribution in [0.4, 0.5) is 0 Å². The van der Waals surface area contributed by atoms with Gasteiger partial charge < -0.3 is 14.7 Å². The van der Waals surface area contributed by atoms with Crippen LogP contribution in [-0.4, -0.2) is 71.8 Å². The summed E-state index contributed by atoms with van der Waals surface area (Å²) in [5, 5.41) is 9.71. The SMILES string of the molecule is CC1CN(C(=O)CN(C)CC(C)(C)O)CC(C)O1. The van der Waals surface area contributed by atoms with Crippen molar-refractivity contribution in [2.75, 3.05) is 33.2 Å². The first-order valence-electron chi connectivity index (χ1n) is 6.51. The van der Waals surface area contributed by atoms with Gasteiger partial charge >= 0.3 is 0 Å². The average Bonchev–Trinajstić information content (AvgIpc) is 2.12. The summed E-state index contributed by atoms with van der Waals surface area (Å²) in [6, 6.07) is 0. The monoisotopic (exact) mass is 258 g/mol. The van der Waals surface area contributed by atoms with E-state index >= 15 is 0 Å². The number of carbonyl (C=O) groups is 1. The largest absolute Gasteiger partial charge is 0.389 e. The number of amides is 1. The number of hydrogen-bond acceptors (Lipinski definition) is 4. The Hall–Kier alpha value is -0.650. The number of morpholine rings is 1. The van der Waals surface area contributed by atoms with Crippen LogP contribution in [0.25, 0.3) is 0 Å². The predicted octanol–water partition coefficient (Wildman–Crippen LogP) is 0.325. The van der Waals surface area contributed by atoms with Gasteiger partial charge in [0.2, 0.25) is 5.91 Å². The van der Waals surface area contributed by atoms with Gasteiger partial charge in [0, 0.05) is 19.6 Å². The molecule has 1 N–H and O–H groups in total. The molecule has 0 aromatic heterocycles. The van der Waals surface area contributed by atoms with E-state index in [1.165, 1.54) is 0 Å². The van der Waals surface area contributed by atoms with Crippen molar-refractivity contribution in [2.24, 2.45) is 0 Å². The van der Waals surface area contributed by atoms with E-state index in [0.29, 0.717) is 26.2 Å². The van der Waals surface area contributed by atoms with E-state index in [2.05, 4.69) is 0 Å². The van der Waals surface area contributed by atoms with Crippen LogP contribution in [-0.2, 0) is 9.53 Å². The molecule has 106 valence electrons. The van der Waals surface area contributed by atoms with Gasteiger partial charge in [-0.25, -0.2) is 0 Å². The number of rotatable bonds is 4. The summed E-state index contributed by atoms with van der Waals surface area (Å²) >= 11 is 0. The molecule has 0 radical (unpaired) electrons. The van der Waals surface area contributed by atoms with Crippen LogP contribution in [0.1, 0.15) is 27.7 Å². The van der Waals surface area contributed by atoms with Crippen molar-refractivity contribution in [3.05, 3.63) is 0 Å². The molecule has 0 aromatic rings. The number of aliphatic hydroxyl groups is 1. The molecule has 5 heteroatoms. The second-order valence-electron chi connectivity index (χ2n) is 6.04. The van der Waals surface area contributed by atoms with E-state index in [1.54, 1.807) is 13.8 Å². The van der Waals surface area contributed by atoms with Gasteiger partial charge in [0.15, 0.2) is 0 Å². The van der Waals surface area contributed by atoms with Gasteiger partial charge in [-0.2, -0.15) is 0 Å². The lowest BCUT2D eigenvalue weighted by Gasteiger charge is -2.36. The van der Waals surface area contributed by atoms with Gasteiger partial charge in [-0.15, -0.1) is 0 Å². The molecule has 0 aliphatic carbocycles. The first kappa shape index (κ1) is 15.4. The van der Waals surface area contributed by atoms with Crippen molar-refractivity contribution in [2.45, 2.75) is 45.5 Å². The van der Waals surface area contributed by atoms with Crippen molar-refractivity contribution in [3.63, 3.8) is 0 Å². The number of likely N-dealkylation sites (N-methyl/N-ethyl adjacent to an activating group) is 1. The maximum Gasteiger partial charge on any atom is 0.236 e. The standard InChI is InChI=1S/C13H26N2O3/c1-10-6-15(7-11(2)18-10)12(16)8-14(5)9-13(3,4)17/h10-11,17H,6-9H2,1-5H3. The maximum atomic E-state index is 12.1. The minimum atomic E-state index is -0.777. The zero-order chi connectivity index (χ0) is 13.9. The normalized spacial score (nSPS) is 25.6. The molecule has 0 spiro atoms. The van der Waals surface area contributed by atoms with Gasteiger partial charge in [0.1, 0.15) is 0 Å². The highest BCUT2D eigenvalue weighted by atomic mass is 16.5. The fourth-order valence-corrected chi connectivity index (χ4v) is 2.43. The highest BCUT2D eigenvalue weighted by Crippen LogP contribution is 2.11. The zero-order valence-corrected chi connectivity index (χ0v) is 12.1. The fourth-order valence-electron chi connectivity index (χ4n) is 2.43. The first-order valence-corrected chi connectivity index (χ1v) is 6.51. The molecule has 0 saturated carbocycles. The highest BCUT2D eigenvalue weighted by molar-refractivity contribution is 5.78. The minimum absolute atomic E-state index is 0.0947. The van der Waals surface area contributed by atoms with E-state index in [-0.39, 0.29) is 18.1 Å². The molecule has 5 nitrogen and oxygen atoms in total. The molecule has 1 amide bonds. The summed E-state index contributed by atoms with van der Waals surface area (Å²) in [5.74, 6) is 0.101. The van der Waals surface area contributed by atoms with Crippen LogP contribution in [0.5, 0.6) is 0 Å². The van der Waals surface area contributed by atoms with E-state index < -0.39 is 5.60 Å². The maximum absolute atomic E-state index is 12.1. The Kier molecular flexibility index (Phi) is 5.13. The van der Waals surface area contributed by atoms with Crippen LogP contribution in [0, 0.1) is 0 Å². The molecule has 2 unspecified atom stereocenters. The third kappa shape index (κ3) is 5.33. The molecule has 1 aliphatic heterocycles. The van der Waals surface area contributed by atoms with Gasteiger partial charge in [0.05, 0.1) is 24.4 Å². The average molecular weight is 258 g/mol. The molecule has 1 saturated heterocycles. The van der Waals surface area contributed by atoms with E-state index in [9.17, 15) is 9.90 Å². The van der Waals surface area contributed by atoms with Gasteiger partial charge in [-0.1, -0.05) is 0 Å². The summed E-state index contributed by atoms with van der Waals surface area (Å²) in [5.41, 5.74) is -0.777. The lowest BCUT2D eigenvalue weighted by atomic mass is 10.1. The smallest absolute Gasteiger partial charge is 0.236 e. The minimum Gasteiger partial charge on any atom is -0.389 e. The first-order chi connectivity index (χ1) is 8.17. The van der Waals surface area contributed by atoms with Crippen LogP contribution < -0.4 is 0 Å². The summed E-state index contributed by atoms with van der Waals surface area (Å²) < 4.78 is 5.60. The lowest BCUT2D eigenvalue weighted by molar-refractivity contribution is -0.144. The van der Waals surface area contributed by atoms with Crippen molar-refractivity contribution >= 4 is 5.91 Å². The molecule has 0 aromatic carbocycles. The number of carbonyl (C=O) groups excluding carboxylic acids is 1. The molecule has 0 bridgehead atoms.